The SMILES string of the molecule is CCCCC(NC(=O)c1csc(C(C)C)n1)C(=O)O. The molecule has 0 fully saturated rings. The van der Waals surface area contributed by atoms with Crippen molar-refractivity contribution in [3.05, 3.63) is 16.1 Å². The highest BCUT2D eigenvalue weighted by Crippen LogP contribution is 2.19. The first-order valence-corrected chi connectivity index (χ1v) is 7.32. The number of hydrogen-bond donors (Lipinski definition) is 2. The number of unbranched alkanes of at least 4 members (excludes halogenated alkanes) is 1. The molecule has 0 radical (unpaired) electrons. The molecule has 5 nitrogen and oxygen atoms in total. The fourth-order valence-electron chi connectivity index (χ4n) is 1.55. The van der Waals surface area contributed by atoms with E-state index in [-0.39, 0.29) is 5.92 Å². The predicted octanol–water partition coefficient (Wildman–Crippen LogP) is 2.64. The minimum absolute atomic E-state index is 0.266. The highest BCUT2D eigenvalue weighted by molar-refractivity contribution is 7.09. The molecule has 106 valence electrons. The van der Waals surface area contributed by atoms with E-state index >= 15 is 0 Å². The normalized spacial score (nSPS) is 12.4. The lowest BCUT2D eigenvalue weighted by molar-refractivity contribution is -0.139. The molecular formula is C13H20N2O3S. The van der Waals surface area contributed by atoms with E-state index in [1.54, 1.807) is 5.38 Å². The van der Waals surface area contributed by atoms with Crippen molar-refractivity contribution in [2.45, 2.75) is 52.0 Å². The highest BCUT2D eigenvalue weighted by atomic mass is 32.1. The average Bonchev–Trinajstić information content (AvgIpc) is 2.83. The second-order valence-corrected chi connectivity index (χ2v) is 5.62. The van der Waals surface area contributed by atoms with Gasteiger partial charge >= 0.3 is 5.97 Å². The van der Waals surface area contributed by atoms with Gasteiger partial charge in [0.05, 0.1) is 5.01 Å². The Balaban J connectivity index is 2.67. The van der Waals surface area contributed by atoms with Gasteiger partial charge in [0.15, 0.2) is 0 Å². The fraction of sp³-hybridized carbons (Fsp3) is 0.615. The molecular weight excluding hydrogens is 264 g/mol. The fourth-order valence-corrected chi connectivity index (χ4v) is 2.37. The van der Waals surface area contributed by atoms with Crippen LogP contribution in [0.4, 0.5) is 0 Å². The van der Waals surface area contributed by atoms with Gasteiger partial charge in [0.1, 0.15) is 11.7 Å². The van der Waals surface area contributed by atoms with E-state index in [9.17, 15) is 9.59 Å². The number of carboxylic acid groups (broad SMARTS) is 1. The minimum atomic E-state index is -0.999. The quantitative estimate of drug-likeness (QED) is 0.806. The number of rotatable bonds is 7. The van der Waals surface area contributed by atoms with Gasteiger partial charge in [0.2, 0.25) is 0 Å². The Hall–Kier alpha value is -1.43. The summed E-state index contributed by atoms with van der Waals surface area (Å²) in [5.74, 6) is -1.14. The maximum atomic E-state index is 11.9. The number of nitrogens with zero attached hydrogens (tertiary/aromatic N) is 1. The smallest absolute Gasteiger partial charge is 0.326 e. The third kappa shape index (κ3) is 4.63. The second kappa shape index (κ2) is 7.23. The Morgan fingerprint density at radius 2 is 2.16 bits per heavy atom. The van der Waals surface area contributed by atoms with Crippen molar-refractivity contribution in [1.29, 1.82) is 0 Å². The molecule has 1 aromatic rings. The molecule has 0 saturated heterocycles. The Morgan fingerprint density at radius 3 is 2.63 bits per heavy atom. The number of hydrogen-bond acceptors (Lipinski definition) is 4. The largest absolute Gasteiger partial charge is 0.480 e. The summed E-state index contributed by atoms with van der Waals surface area (Å²) >= 11 is 1.42. The predicted molar refractivity (Wildman–Crippen MR) is 74.6 cm³/mol. The van der Waals surface area contributed by atoms with Gasteiger partial charge in [-0.25, -0.2) is 9.78 Å². The molecule has 0 bridgehead atoms. The van der Waals surface area contributed by atoms with Gasteiger partial charge < -0.3 is 10.4 Å². The molecule has 6 heteroatoms. The van der Waals surface area contributed by atoms with Crippen LogP contribution >= 0.6 is 11.3 Å². The Labute approximate surface area is 117 Å². The molecule has 1 heterocycles. The van der Waals surface area contributed by atoms with Crippen molar-refractivity contribution in [3.63, 3.8) is 0 Å². The maximum Gasteiger partial charge on any atom is 0.326 e. The van der Waals surface area contributed by atoms with Crippen LogP contribution in [-0.2, 0) is 4.79 Å². The van der Waals surface area contributed by atoms with Crippen molar-refractivity contribution in [2.24, 2.45) is 0 Å². The van der Waals surface area contributed by atoms with Crippen LogP contribution in [0.2, 0.25) is 0 Å². The van der Waals surface area contributed by atoms with Crippen molar-refractivity contribution in [2.75, 3.05) is 0 Å². The third-order valence-electron chi connectivity index (χ3n) is 2.70. The molecule has 1 aromatic heterocycles. The van der Waals surface area contributed by atoms with Crippen LogP contribution in [0.25, 0.3) is 0 Å². The summed E-state index contributed by atoms with van der Waals surface area (Å²) in [5.41, 5.74) is 0.302. The molecule has 2 N–H and O–H groups in total. The Morgan fingerprint density at radius 1 is 1.47 bits per heavy atom. The van der Waals surface area contributed by atoms with Crippen LogP contribution in [0.15, 0.2) is 5.38 Å². The van der Waals surface area contributed by atoms with Crippen LogP contribution in [-0.4, -0.2) is 28.0 Å². The number of aliphatic carboxylic acids is 1. The van der Waals surface area contributed by atoms with Crippen molar-refractivity contribution < 1.29 is 14.7 Å². The summed E-state index contributed by atoms with van der Waals surface area (Å²) < 4.78 is 0. The zero-order valence-electron chi connectivity index (χ0n) is 11.5. The van der Waals surface area contributed by atoms with E-state index in [0.29, 0.717) is 12.1 Å². The molecule has 0 aliphatic rings. The van der Waals surface area contributed by atoms with E-state index in [2.05, 4.69) is 10.3 Å². The molecule has 1 unspecified atom stereocenters. The second-order valence-electron chi connectivity index (χ2n) is 4.73. The summed E-state index contributed by atoms with van der Waals surface area (Å²) in [6, 6.07) is -0.836. The topological polar surface area (TPSA) is 79.3 Å². The van der Waals surface area contributed by atoms with Crippen LogP contribution in [0.5, 0.6) is 0 Å². The molecule has 1 atom stereocenters. The molecule has 0 saturated carbocycles. The van der Waals surface area contributed by atoms with Gasteiger partial charge in [-0.1, -0.05) is 33.6 Å². The summed E-state index contributed by atoms with van der Waals surface area (Å²) in [7, 11) is 0. The van der Waals surface area contributed by atoms with Gasteiger partial charge in [0.25, 0.3) is 5.91 Å². The van der Waals surface area contributed by atoms with Gasteiger partial charge in [-0.15, -0.1) is 11.3 Å². The zero-order valence-corrected chi connectivity index (χ0v) is 12.3. The average molecular weight is 284 g/mol. The Bertz CT molecular complexity index is 443. The van der Waals surface area contributed by atoms with Crippen LogP contribution in [0.1, 0.15) is 61.4 Å². The monoisotopic (exact) mass is 284 g/mol. The van der Waals surface area contributed by atoms with Gasteiger partial charge in [-0.2, -0.15) is 0 Å². The van der Waals surface area contributed by atoms with Crippen LogP contribution in [0, 0.1) is 0 Å². The molecule has 0 aliphatic carbocycles. The van der Waals surface area contributed by atoms with E-state index in [4.69, 9.17) is 5.11 Å². The Kier molecular flexibility index (Phi) is 5.95. The first-order chi connectivity index (χ1) is 8.95. The summed E-state index contributed by atoms with van der Waals surface area (Å²) in [4.78, 5) is 27.2. The van der Waals surface area contributed by atoms with Gasteiger partial charge in [-0.05, 0) is 6.42 Å². The molecule has 0 aliphatic heterocycles. The van der Waals surface area contributed by atoms with E-state index < -0.39 is 17.9 Å². The third-order valence-corrected chi connectivity index (χ3v) is 3.84. The standard InChI is InChI=1S/C13H20N2O3S/c1-4-5-6-9(13(17)18)14-11(16)10-7-19-12(15-10)8(2)3/h7-9H,4-6H2,1-3H3,(H,14,16)(H,17,18). The van der Waals surface area contributed by atoms with Crippen molar-refractivity contribution >= 4 is 23.2 Å². The zero-order chi connectivity index (χ0) is 14.4. The van der Waals surface area contributed by atoms with E-state index in [1.165, 1.54) is 11.3 Å². The maximum absolute atomic E-state index is 11.9. The molecule has 19 heavy (non-hydrogen) atoms. The number of nitrogens with one attached hydrogen (secondary N) is 1. The summed E-state index contributed by atoms with van der Waals surface area (Å²) in [5, 5.41) is 14.1. The highest BCUT2D eigenvalue weighted by Gasteiger charge is 2.21. The van der Waals surface area contributed by atoms with Crippen molar-refractivity contribution in [3.8, 4) is 0 Å². The number of carbonyl (C=O) groups excluding carboxylic acids is 1. The number of carbonyl (C=O) groups is 2. The first kappa shape index (κ1) is 15.6. The molecule has 0 aromatic carbocycles. The number of carboxylic acids is 1. The lowest BCUT2D eigenvalue weighted by Crippen LogP contribution is -2.40. The number of thiazole rings is 1. The first-order valence-electron chi connectivity index (χ1n) is 6.44. The summed E-state index contributed by atoms with van der Waals surface area (Å²) in [6.07, 6.45) is 2.11. The molecule has 1 amide bonds. The lowest BCUT2D eigenvalue weighted by Gasteiger charge is -2.12. The van der Waals surface area contributed by atoms with E-state index in [1.807, 2.05) is 20.8 Å². The number of amides is 1. The summed E-state index contributed by atoms with van der Waals surface area (Å²) in [6.45, 7) is 5.99. The van der Waals surface area contributed by atoms with Gasteiger partial charge in [0, 0.05) is 11.3 Å². The van der Waals surface area contributed by atoms with E-state index in [0.717, 1.165) is 17.8 Å². The van der Waals surface area contributed by atoms with Gasteiger partial charge in [-0.3, -0.25) is 4.79 Å². The molecule has 1 rings (SSSR count). The minimum Gasteiger partial charge on any atom is -0.480 e. The van der Waals surface area contributed by atoms with Crippen LogP contribution < -0.4 is 5.32 Å². The van der Waals surface area contributed by atoms with Crippen LogP contribution in [0.3, 0.4) is 0 Å². The lowest BCUT2D eigenvalue weighted by atomic mass is 10.1. The number of aromatic nitrogens is 1. The molecule has 0 spiro atoms. The van der Waals surface area contributed by atoms with Crippen molar-refractivity contribution in [1.82, 2.24) is 10.3 Å².